The molecule has 6 heteroatoms. The van der Waals surface area contributed by atoms with Crippen LogP contribution in [-0.2, 0) is 0 Å². The molecule has 5 aromatic carbocycles. The zero-order valence-electron chi connectivity index (χ0n) is 20.1. The summed E-state index contributed by atoms with van der Waals surface area (Å²) in [7, 11) is 1.94. The lowest BCUT2D eigenvalue weighted by Gasteiger charge is -2.21. The Bertz CT molecular complexity index is 1810. The predicted octanol–water partition coefficient (Wildman–Crippen LogP) is 8.38. The van der Waals surface area contributed by atoms with Gasteiger partial charge in [0.15, 0.2) is 0 Å². The molecule has 0 aliphatic carbocycles. The third-order valence-electron chi connectivity index (χ3n) is 6.99. The summed E-state index contributed by atoms with van der Waals surface area (Å²) in [6, 6.07) is 25.9. The number of anilines is 3. The lowest BCUT2D eigenvalue weighted by atomic mass is 9.90. The van der Waals surface area contributed by atoms with Crippen LogP contribution in [0.15, 0.2) is 82.8 Å². The topological polar surface area (TPSA) is 49.8 Å². The maximum absolute atomic E-state index is 5.25. The molecule has 176 valence electrons. The average molecular weight is 505 g/mol. The van der Waals surface area contributed by atoms with Crippen molar-refractivity contribution in [2.45, 2.75) is 17.0 Å². The van der Waals surface area contributed by atoms with Gasteiger partial charge in [-0.3, -0.25) is 0 Å². The second-order valence-electron chi connectivity index (χ2n) is 9.02. The van der Waals surface area contributed by atoms with Crippen LogP contribution < -0.4 is 10.6 Å². The van der Waals surface area contributed by atoms with Gasteiger partial charge in [-0.1, -0.05) is 48.5 Å². The number of nitrogens with zero attached hydrogens (tertiary/aromatic N) is 2. The molecule has 0 unspecified atom stereocenters. The van der Waals surface area contributed by atoms with E-state index in [9.17, 15) is 0 Å². The van der Waals surface area contributed by atoms with E-state index in [1.807, 2.05) is 30.6 Å². The highest BCUT2D eigenvalue weighted by atomic mass is 32.2. The second-order valence-corrected chi connectivity index (χ2v) is 11.2. The van der Waals surface area contributed by atoms with E-state index in [-0.39, 0.29) is 0 Å². The van der Waals surface area contributed by atoms with Crippen molar-refractivity contribution in [3.8, 4) is 0 Å². The van der Waals surface area contributed by atoms with Crippen LogP contribution in [0.5, 0.6) is 0 Å². The van der Waals surface area contributed by atoms with Crippen molar-refractivity contribution in [3.05, 3.63) is 78.4 Å². The van der Waals surface area contributed by atoms with Crippen LogP contribution in [0, 0.1) is 6.92 Å². The highest BCUT2D eigenvalue weighted by molar-refractivity contribution is 8.05. The fourth-order valence-corrected chi connectivity index (χ4v) is 7.38. The van der Waals surface area contributed by atoms with Crippen molar-refractivity contribution in [2.75, 3.05) is 29.2 Å². The van der Waals surface area contributed by atoms with E-state index in [4.69, 9.17) is 9.97 Å². The molecule has 0 bridgehead atoms. The van der Waals surface area contributed by atoms with Gasteiger partial charge in [-0.05, 0) is 63.7 Å². The Labute approximate surface area is 217 Å². The first-order valence-corrected chi connectivity index (χ1v) is 14.1. The Hall–Kier alpha value is -3.48. The molecule has 0 saturated heterocycles. The van der Waals surface area contributed by atoms with Gasteiger partial charge in [0.25, 0.3) is 0 Å². The van der Waals surface area contributed by atoms with Crippen LogP contribution in [0.25, 0.3) is 43.4 Å². The van der Waals surface area contributed by atoms with E-state index in [0.29, 0.717) is 0 Å². The molecular weight excluding hydrogens is 480 g/mol. The number of aromatic nitrogens is 2. The van der Waals surface area contributed by atoms with Gasteiger partial charge in [0.05, 0.1) is 11.2 Å². The van der Waals surface area contributed by atoms with Crippen LogP contribution in [0.3, 0.4) is 0 Å². The van der Waals surface area contributed by atoms with E-state index in [1.54, 1.807) is 0 Å². The largest absolute Gasteiger partial charge is 0.388 e. The van der Waals surface area contributed by atoms with Gasteiger partial charge in [-0.15, -0.1) is 23.5 Å². The predicted molar refractivity (Wildman–Crippen MR) is 158 cm³/mol. The molecule has 7 rings (SSSR count). The van der Waals surface area contributed by atoms with Gasteiger partial charge in [0, 0.05) is 35.3 Å². The molecule has 2 N–H and O–H groups in total. The van der Waals surface area contributed by atoms with Gasteiger partial charge >= 0.3 is 0 Å². The van der Waals surface area contributed by atoms with E-state index in [1.165, 1.54) is 37.9 Å². The summed E-state index contributed by atoms with van der Waals surface area (Å²) in [6.45, 7) is 2.21. The first-order valence-electron chi connectivity index (χ1n) is 12.1. The van der Waals surface area contributed by atoms with Crippen molar-refractivity contribution in [3.63, 3.8) is 0 Å². The SMILES string of the molecule is CNc1ccc(Nc2c3nc4c(nc3c(C)c3c5ccccc5c5ccccc5c23)SCCS4)cc1. The number of nitrogens with one attached hydrogen (secondary N) is 2. The van der Waals surface area contributed by atoms with Gasteiger partial charge in [-0.25, -0.2) is 9.97 Å². The van der Waals surface area contributed by atoms with Crippen LogP contribution in [0.2, 0.25) is 0 Å². The highest BCUT2D eigenvalue weighted by Crippen LogP contribution is 2.46. The van der Waals surface area contributed by atoms with Crippen LogP contribution in [0.4, 0.5) is 17.1 Å². The first-order chi connectivity index (χ1) is 17.7. The van der Waals surface area contributed by atoms with E-state index < -0.39 is 0 Å². The summed E-state index contributed by atoms with van der Waals surface area (Å²) in [6.07, 6.45) is 0. The highest BCUT2D eigenvalue weighted by Gasteiger charge is 2.23. The standard InChI is InChI=1S/C30H24N4S2/c1-17-24-22-9-5-3-7-20(22)21-8-4-6-10-23(21)25(24)27(32-19-13-11-18(31-2)12-14-19)28-26(17)33-29-30(34-28)36-16-15-35-29/h3-14,31-32H,15-16H2,1-2H3. The second kappa shape index (κ2) is 8.57. The molecule has 36 heavy (non-hydrogen) atoms. The van der Waals surface area contributed by atoms with Gasteiger partial charge < -0.3 is 10.6 Å². The molecule has 0 amide bonds. The molecule has 1 aliphatic rings. The third-order valence-corrected chi connectivity index (χ3v) is 9.31. The molecule has 1 aromatic heterocycles. The van der Waals surface area contributed by atoms with Gasteiger partial charge in [0.2, 0.25) is 0 Å². The normalized spacial score (nSPS) is 13.4. The first kappa shape index (κ1) is 21.8. The zero-order chi connectivity index (χ0) is 24.2. The minimum atomic E-state index is 0.937. The van der Waals surface area contributed by atoms with Gasteiger partial charge in [-0.2, -0.15) is 0 Å². The molecule has 4 nitrogen and oxygen atoms in total. The van der Waals surface area contributed by atoms with Crippen LogP contribution >= 0.6 is 23.5 Å². The minimum absolute atomic E-state index is 0.937. The number of benzene rings is 5. The summed E-state index contributed by atoms with van der Waals surface area (Å²) < 4.78 is 0. The number of fused-ring (bicyclic) bond motifs is 8. The van der Waals surface area contributed by atoms with E-state index in [2.05, 4.69) is 90.4 Å². The molecule has 1 aliphatic heterocycles. The average Bonchev–Trinajstić information content (AvgIpc) is 2.94. The number of hydrogen-bond donors (Lipinski definition) is 2. The van der Waals surface area contributed by atoms with Crippen LogP contribution in [0.1, 0.15) is 5.56 Å². The third kappa shape index (κ3) is 3.32. The lowest BCUT2D eigenvalue weighted by Crippen LogP contribution is -2.04. The number of aryl methyl sites for hydroxylation is 1. The minimum Gasteiger partial charge on any atom is -0.388 e. The molecule has 0 radical (unpaired) electrons. The Balaban J connectivity index is 1.67. The zero-order valence-corrected chi connectivity index (χ0v) is 21.7. The van der Waals surface area contributed by atoms with Crippen molar-refractivity contribution in [1.29, 1.82) is 0 Å². The quantitative estimate of drug-likeness (QED) is 0.186. The summed E-state index contributed by atoms with van der Waals surface area (Å²) >= 11 is 3.63. The smallest absolute Gasteiger partial charge is 0.129 e. The molecule has 0 fully saturated rings. The number of rotatable bonds is 3. The lowest BCUT2D eigenvalue weighted by molar-refractivity contribution is 0.962. The molecule has 6 aromatic rings. The Morgan fingerprint density at radius 2 is 1.17 bits per heavy atom. The van der Waals surface area contributed by atoms with Crippen LogP contribution in [-0.4, -0.2) is 28.5 Å². The maximum atomic E-state index is 5.25. The van der Waals surface area contributed by atoms with Crippen molar-refractivity contribution < 1.29 is 0 Å². The molecule has 0 saturated carbocycles. The van der Waals surface area contributed by atoms with Crippen molar-refractivity contribution in [2.24, 2.45) is 0 Å². The Morgan fingerprint density at radius 3 is 1.78 bits per heavy atom. The Morgan fingerprint density at radius 1 is 0.639 bits per heavy atom. The fourth-order valence-electron chi connectivity index (χ4n) is 5.32. The van der Waals surface area contributed by atoms with Crippen molar-refractivity contribution in [1.82, 2.24) is 9.97 Å². The Kier molecular flexibility index (Phi) is 5.19. The summed E-state index contributed by atoms with van der Waals surface area (Å²) in [5.41, 5.74) is 6.23. The van der Waals surface area contributed by atoms with E-state index in [0.717, 1.165) is 49.7 Å². The summed E-state index contributed by atoms with van der Waals surface area (Å²) in [5.74, 6) is 2.13. The van der Waals surface area contributed by atoms with E-state index >= 15 is 0 Å². The maximum Gasteiger partial charge on any atom is 0.129 e. The summed E-state index contributed by atoms with van der Waals surface area (Å²) in [5, 5.41) is 16.5. The molecular formula is C30H24N4S2. The number of thioether (sulfide) groups is 2. The number of hydrogen-bond acceptors (Lipinski definition) is 6. The summed E-state index contributed by atoms with van der Waals surface area (Å²) in [4.78, 5) is 10.5. The van der Waals surface area contributed by atoms with Gasteiger partial charge in [0.1, 0.15) is 15.6 Å². The monoisotopic (exact) mass is 504 g/mol. The molecule has 0 spiro atoms. The fraction of sp³-hybridized carbons (Fsp3) is 0.133. The van der Waals surface area contributed by atoms with Crippen molar-refractivity contribution >= 4 is 83.9 Å². The molecule has 0 atom stereocenters. The molecule has 2 heterocycles.